The molecule has 1 aromatic heterocycles. The van der Waals surface area contributed by atoms with Gasteiger partial charge in [0.05, 0.1) is 17.8 Å². The van der Waals surface area contributed by atoms with Crippen molar-refractivity contribution in [3.63, 3.8) is 0 Å². The van der Waals surface area contributed by atoms with E-state index in [2.05, 4.69) is 9.97 Å². The molecule has 0 aliphatic rings. The fourth-order valence-electron chi connectivity index (χ4n) is 1.26. The molecule has 0 spiro atoms. The van der Waals surface area contributed by atoms with Gasteiger partial charge in [-0.2, -0.15) is 0 Å². The van der Waals surface area contributed by atoms with Crippen LogP contribution in [0.3, 0.4) is 0 Å². The molecule has 0 aliphatic heterocycles. The first-order valence-electron chi connectivity index (χ1n) is 5.02. The number of benzene rings is 1. The Morgan fingerprint density at radius 2 is 1.88 bits per heavy atom. The summed E-state index contributed by atoms with van der Waals surface area (Å²) in [7, 11) is 0. The molecule has 88 valence electrons. The van der Waals surface area contributed by atoms with Crippen LogP contribution in [-0.4, -0.2) is 9.97 Å². The smallest absolute Gasteiger partial charge is 0.232 e. The number of rotatable bonds is 4. The topological polar surface area (TPSA) is 35.0 Å². The molecule has 0 atom stereocenters. The van der Waals surface area contributed by atoms with Crippen LogP contribution in [0.4, 0.5) is 0 Å². The molecule has 5 heteroatoms. The number of aromatic nitrogens is 2. The lowest BCUT2D eigenvalue weighted by atomic mass is 10.2. The number of hydrogen-bond donors (Lipinski definition) is 0. The lowest BCUT2D eigenvalue weighted by Crippen LogP contribution is -1.99. The van der Waals surface area contributed by atoms with Gasteiger partial charge >= 0.3 is 0 Å². The van der Waals surface area contributed by atoms with Crippen molar-refractivity contribution in [1.82, 2.24) is 9.97 Å². The second-order valence-corrected chi connectivity index (χ2v) is 4.10. The van der Waals surface area contributed by atoms with Crippen molar-refractivity contribution in [1.29, 1.82) is 0 Å². The SMILES string of the molecule is ClCc1cncc(OCc2ccc(Cl)cc2)n1. The summed E-state index contributed by atoms with van der Waals surface area (Å²) < 4.78 is 5.50. The van der Waals surface area contributed by atoms with Crippen LogP contribution in [-0.2, 0) is 12.5 Å². The minimum atomic E-state index is 0.325. The summed E-state index contributed by atoms with van der Waals surface area (Å²) in [4.78, 5) is 8.17. The minimum absolute atomic E-state index is 0.325. The Balaban J connectivity index is 1.99. The van der Waals surface area contributed by atoms with Gasteiger partial charge in [0.1, 0.15) is 6.61 Å². The number of ether oxygens (including phenoxy) is 1. The highest BCUT2D eigenvalue weighted by Crippen LogP contribution is 2.12. The third-order valence-corrected chi connectivity index (χ3v) is 2.63. The van der Waals surface area contributed by atoms with Gasteiger partial charge in [-0.1, -0.05) is 23.7 Å². The maximum Gasteiger partial charge on any atom is 0.232 e. The van der Waals surface area contributed by atoms with Gasteiger partial charge in [0.15, 0.2) is 0 Å². The van der Waals surface area contributed by atoms with E-state index in [0.717, 1.165) is 5.56 Å². The summed E-state index contributed by atoms with van der Waals surface area (Å²) in [5, 5.41) is 0.706. The van der Waals surface area contributed by atoms with E-state index in [0.29, 0.717) is 29.1 Å². The molecule has 17 heavy (non-hydrogen) atoms. The molecule has 0 fully saturated rings. The van der Waals surface area contributed by atoms with Crippen molar-refractivity contribution in [2.24, 2.45) is 0 Å². The van der Waals surface area contributed by atoms with E-state index >= 15 is 0 Å². The molecule has 2 aromatic rings. The molecular formula is C12H10Cl2N2O. The summed E-state index contributed by atoms with van der Waals surface area (Å²) in [5.74, 6) is 0.795. The van der Waals surface area contributed by atoms with Crippen LogP contribution in [0.5, 0.6) is 5.88 Å². The average molecular weight is 269 g/mol. The second kappa shape index (κ2) is 5.84. The molecule has 0 amide bonds. The van der Waals surface area contributed by atoms with Crippen LogP contribution in [0, 0.1) is 0 Å². The van der Waals surface area contributed by atoms with Gasteiger partial charge in [-0.3, -0.25) is 4.98 Å². The molecule has 0 aliphatic carbocycles. The van der Waals surface area contributed by atoms with Crippen LogP contribution in [0.1, 0.15) is 11.3 Å². The maximum absolute atomic E-state index is 5.79. The molecule has 1 aromatic carbocycles. The standard InChI is InChI=1S/C12H10Cl2N2O/c13-5-11-6-15-7-12(16-11)17-8-9-1-3-10(14)4-2-9/h1-4,6-7H,5,8H2. The largest absolute Gasteiger partial charge is 0.472 e. The predicted molar refractivity (Wildman–Crippen MR) is 67.4 cm³/mol. The Morgan fingerprint density at radius 1 is 1.12 bits per heavy atom. The van der Waals surface area contributed by atoms with Crippen molar-refractivity contribution in [3.05, 3.63) is 52.9 Å². The summed E-state index contributed by atoms with van der Waals surface area (Å²) in [6.07, 6.45) is 3.17. The van der Waals surface area contributed by atoms with E-state index in [1.165, 1.54) is 0 Å². The molecule has 0 unspecified atom stereocenters. The highest BCUT2D eigenvalue weighted by molar-refractivity contribution is 6.30. The molecule has 0 bridgehead atoms. The summed E-state index contributed by atoms with van der Waals surface area (Å²) in [6, 6.07) is 7.45. The van der Waals surface area contributed by atoms with Crippen molar-refractivity contribution in [2.45, 2.75) is 12.5 Å². The van der Waals surface area contributed by atoms with Gasteiger partial charge in [-0.15, -0.1) is 11.6 Å². The van der Waals surface area contributed by atoms with Gasteiger partial charge in [0.2, 0.25) is 5.88 Å². The Hall–Kier alpha value is -1.32. The van der Waals surface area contributed by atoms with Crippen LogP contribution in [0.2, 0.25) is 5.02 Å². The van der Waals surface area contributed by atoms with Crippen LogP contribution in [0.15, 0.2) is 36.7 Å². The monoisotopic (exact) mass is 268 g/mol. The zero-order valence-electron chi connectivity index (χ0n) is 8.94. The van der Waals surface area contributed by atoms with Gasteiger partial charge in [0.25, 0.3) is 0 Å². The molecule has 3 nitrogen and oxygen atoms in total. The van der Waals surface area contributed by atoms with Gasteiger partial charge in [-0.05, 0) is 17.7 Å². The quantitative estimate of drug-likeness (QED) is 0.797. The molecule has 0 N–H and O–H groups in total. The third-order valence-electron chi connectivity index (χ3n) is 2.10. The molecule has 1 heterocycles. The van der Waals surface area contributed by atoms with Crippen molar-refractivity contribution < 1.29 is 4.74 Å². The zero-order chi connectivity index (χ0) is 12.1. The predicted octanol–water partition coefficient (Wildman–Crippen LogP) is 3.45. The fourth-order valence-corrected chi connectivity index (χ4v) is 1.51. The number of halogens is 2. The van der Waals surface area contributed by atoms with Crippen molar-refractivity contribution >= 4 is 23.2 Å². The summed E-state index contributed by atoms with van der Waals surface area (Å²) in [6.45, 7) is 0.428. The zero-order valence-corrected chi connectivity index (χ0v) is 10.4. The minimum Gasteiger partial charge on any atom is -0.472 e. The Kier molecular flexibility index (Phi) is 4.18. The summed E-state index contributed by atoms with van der Waals surface area (Å²) in [5.41, 5.74) is 1.72. The first-order valence-corrected chi connectivity index (χ1v) is 5.93. The van der Waals surface area contributed by atoms with E-state index in [1.807, 2.05) is 24.3 Å². The van der Waals surface area contributed by atoms with Crippen molar-refractivity contribution in [3.8, 4) is 5.88 Å². The molecule has 0 radical (unpaired) electrons. The van der Waals surface area contributed by atoms with Gasteiger partial charge in [0, 0.05) is 11.2 Å². The first-order chi connectivity index (χ1) is 8.28. The highest BCUT2D eigenvalue weighted by atomic mass is 35.5. The lowest BCUT2D eigenvalue weighted by molar-refractivity contribution is 0.292. The maximum atomic E-state index is 5.79. The van der Waals surface area contributed by atoms with Crippen LogP contribution in [0.25, 0.3) is 0 Å². The highest BCUT2D eigenvalue weighted by Gasteiger charge is 2.00. The molecule has 0 saturated heterocycles. The molecule has 2 rings (SSSR count). The van der Waals surface area contributed by atoms with E-state index in [9.17, 15) is 0 Å². The fraction of sp³-hybridized carbons (Fsp3) is 0.167. The number of alkyl halides is 1. The second-order valence-electron chi connectivity index (χ2n) is 3.40. The number of nitrogens with zero attached hydrogens (tertiary/aromatic N) is 2. The van der Waals surface area contributed by atoms with Gasteiger partial charge < -0.3 is 4.74 Å². The van der Waals surface area contributed by atoms with E-state index < -0.39 is 0 Å². The average Bonchev–Trinajstić information content (AvgIpc) is 2.38. The lowest BCUT2D eigenvalue weighted by Gasteiger charge is -2.05. The number of hydrogen-bond acceptors (Lipinski definition) is 3. The third kappa shape index (κ3) is 3.58. The molecule has 0 saturated carbocycles. The van der Waals surface area contributed by atoms with Crippen LogP contribution < -0.4 is 4.74 Å². The van der Waals surface area contributed by atoms with Crippen LogP contribution >= 0.6 is 23.2 Å². The van der Waals surface area contributed by atoms with E-state index in [-0.39, 0.29) is 0 Å². The Morgan fingerprint density at radius 3 is 2.59 bits per heavy atom. The first kappa shape index (κ1) is 12.1. The van der Waals surface area contributed by atoms with E-state index in [1.54, 1.807) is 12.4 Å². The molecular weight excluding hydrogens is 259 g/mol. The Bertz CT molecular complexity index is 488. The van der Waals surface area contributed by atoms with E-state index in [4.69, 9.17) is 27.9 Å². The van der Waals surface area contributed by atoms with Crippen molar-refractivity contribution in [2.75, 3.05) is 0 Å². The summed E-state index contributed by atoms with van der Waals surface area (Å²) >= 11 is 11.5. The Labute approximate surface area is 109 Å². The van der Waals surface area contributed by atoms with Gasteiger partial charge in [-0.25, -0.2) is 4.98 Å². The normalized spacial score (nSPS) is 10.2.